The van der Waals surface area contributed by atoms with Gasteiger partial charge in [0.05, 0.1) is 5.69 Å². The molecule has 7 heteroatoms. The molecule has 0 aliphatic carbocycles. The summed E-state index contributed by atoms with van der Waals surface area (Å²) in [6, 6.07) is 8.19. The summed E-state index contributed by atoms with van der Waals surface area (Å²) >= 11 is 1.48. The smallest absolute Gasteiger partial charge is 0.252 e. The monoisotopic (exact) mass is 302 g/mol. The molecule has 0 fully saturated rings. The van der Waals surface area contributed by atoms with Gasteiger partial charge in [0.1, 0.15) is 6.61 Å². The molecule has 0 aliphatic rings. The second kappa shape index (κ2) is 5.63. The van der Waals surface area contributed by atoms with Crippen molar-refractivity contribution in [2.24, 2.45) is 0 Å². The second-order valence-electron chi connectivity index (χ2n) is 4.60. The van der Waals surface area contributed by atoms with E-state index in [4.69, 9.17) is 4.74 Å². The van der Waals surface area contributed by atoms with Crippen LogP contribution < -0.4 is 5.32 Å². The average Bonchev–Trinajstić information content (AvgIpc) is 3.00. The number of carbonyl (C=O) groups is 1. The molecule has 1 N–H and O–H groups in total. The number of hydrogen-bond donors (Lipinski definition) is 1. The number of amides is 1. The van der Waals surface area contributed by atoms with Crippen molar-refractivity contribution in [2.45, 2.75) is 6.92 Å². The summed E-state index contributed by atoms with van der Waals surface area (Å²) in [4.78, 5) is 16.5. The molecule has 0 bridgehead atoms. The number of carbonyl (C=O) groups excluding carboxylic acids is 1. The van der Waals surface area contributed by atoms with Crippen molar-refractivity contribution in [1.29, 1.82) is 0 Å². The van der Waals surface area contributed by atoms with Gasteiger partial charge in [-0.2, -0.15) is 4.98 Å². The quantitative estimate of drug-likeness (QED) is 0.803. The number of rotatable bonds is 4. The molecular formula is C14H14N4O2S. The molecular weight excluding hydrogens is 288 g/mol. The molecule has 6 nitrogen and oxygen atoms in total. The number of fused-ring (bicyclic) bond motifs is 1. The minimum absolute atomic E-state index is 0.0162. The minimum Gasteiger partial charge on any atom is -0.375 e. The Morgan fingerprint density at radius 1 is 1.38 bits per heavy atom. The van der Waals surface area contributed by atoms with Gasteiger partial charge >= 0.3 is 0 Å². The van der Waals surface area contributed by atoms with E-state index in [2.05, 4.69) is 27.5 Å². The van der Waals surface area contributed by atoms with Crippen molar-refractivity contribution < 1.29 is 9.53 Å². The van der Waals surface area contributed by atoms with Gasteiger partial charge in [0.25, 0.3) is 11.9 Å². The number of thiazole rings is 1. The molecule has 2 heterocycles. The van der Waals surface area contributed by atoms with Gasteiger partial charge in [0.2, 0.25) is 4.96 Å². The van der Waals surface area contributed by atoms with E-state index in [-0.39, 0.29) is 18.5 Å². The van der Waals surface area contributed by atoms with Crippen LogP contribution in [0.4, 0.5) is 5.95 Å². The van der Waals surface area contributed by atoms with Crippen molar-refractivity contribution in [2.75, 3.05) is 19.0 Å². The first-order chi connectivity index (χ1) is 10.2. The van der Waals surface area contributed by atoms with Crippen LogP contribution in [0.25, 0.3) is 16.2 Å². The second-order valence-corrected chi connectivity index (χ2v) is 5.43. The first kappa shape index (κ1) is 13.7. The van der Waals surface area contributed by atoms with Crippen molar-refractivity contribution >= 4 is 28.2 Å². The van der Waals surface area contributed by atoms with Crippen LogP contribution in [-0.2, 0) is 9.53 Å². The highest BCUT2D eigenvalue weighted by molar-refractivity contribution is 7.15. The number of nitrogens with one attached hydrogen (secondary N) is 1. The van der Waals surface area contributed by atoms with E-state index in [1.165, 1.54) is 24.0 Å². The Labute approximate surface area is 125 Å². The molecule has 0 saturated heterocycles. The predicted molar refractivity (Wildman–Crippen MR) is 81.5 cm³/mol. The number of hydrogen-bond acceptors (Lipinski definition) is 5. The Balaban J connectivity index is 1.93. The minimum atomic E-state index is -0.271. The Kier molecular flexibility index (Phi) is 3.68. The third-order valence-corrected chi connectivity index (χ3v) is 3.77. The standard InChI is InChI=1S/C14H14N4O2S/c1-9-3-5-10(6-4-9)11-8-21-14-16-13(17-18(11)14)15-12(19)7-20-2/h3-6,8H,7H2,1-2H3,(H,15,17,19). The van der Waals surface area contributed by atoms with E-state index in [9.17, 15) is 4.79 Å². The molecule has 0 atom stereocenters. The number of aryl methyl sites for hydroxylation is 1. The van der Waals surface area contributed by atoms with Gasteiger partial charge in [-0.15, -0.1) is 16.4 Å². The van der Waals surface area contributed by atoms with Gasteiger partial charge in [0, 0.05) is 18.1 Å². The molecule has 108 valence electrons. The topological polar surface area (TPSA) is 68.5 Å². The van der Waals surface area contributed by atoms with Gasteiger partial charge < -0.3 is 4.74 Å². The van der Waals surface area contributed by atoms with E-state index < -0.39 is 0 Å². The van der Waals surface area contributed by atoms with Crippen molar-refractivity contribution in [1.82, 2.24) is 14.6 Å². The summed E-state index contributed by atoms with van der Waals surface area (Å²) in [6.45, 7) is 2.03. The maximum Gasteiger partial charge on any atom is 0.252 e. The summed E-state index contributed by atoms with van der Waals surface area (Å²) in [5, 5.41) is 8.93. The molecule has 1 amide bonds. The SMILES string of the molecule is COCC(=O)Nc1nc2scc(-c3ccc(C)cc3)n2n1. The predicted octanol–water partition coefficient (Wildman–Crippen LogP) is 2.35. The van der Waals surface area contributed by atoms with Crippen LogP contribution in [0, 0.1) is 6.92 Å². The van der Waals surface area contributed by atoms with E-state index >= 15 is 0 Å². The molecule has 0 spiro atoms. The lowest BCUT2D eigenvalue weighted by Crippen LogP contribution is -2.18. The van der Waals surface area contributed by atoms with E-state index in [1.54, 1.807) is 4.52 Å². The molecule has 1 aromatic carbocycles. The Morgan fingerprint density at radius 2 is 2.14 bits per heavy atom. The first-order valence-electron chi connectivity index (χ1n) is 6.37. The van der Waals surface area contributed by atoms with Gasteiger partial charge in [-0.1, -0.05) is 29.8 Å². The molecule has 0 aliphatic heterocycles. The fourth-order valence-electron chi connectivity index (χ4n) is 1.95. The van der Waals surface area contributed by atoms with Crippen LogP contribution in [0.3, 0.4) is 0 Å². The number of nitrogens with zero attached hydrogens (tertiary/aromatic N) is 3. The lowest BCUT2D eigenvalue weighted by molar-refractivity contribution is -0.119. The lowest BCUT2D eigenvalue weighted by atomic mass is 10.1. The molecule has 21 heavy (non-hydrogen) atoms. The van der Waals surface area contributed by atoms with Gasteiger partial charge in [-0.3, -0.25) is 10.1 Å². The third-order valence-electron chi connectivity index (χ3n) is 2.96. The van der Waals surface area contributed by atoms with Crippen LogP contribution in [0.1, 0.15) is 5.56 Å². The zero-order chi connectivity index (χ0) is 14.8. The lowest BCUT2D eigenvalue weighted by Gasteiger charge is -2.00. The maximum atomic E-state index is 11.5. The Morgan fingerprint density at radius 3 is 2.86 bits per heavy atom. The summed E-state index contributed by atoms with van der Waals surface area (Å²) < 4.78 is 6.50. The Hall–Kier alpha value is -2.25. The van der Waals surface area contributed by atoms with Crippen LogP contribution in [0.5, 0.6) is 0 Å². The van der Waals surface area contributed by atoms with Gasteiger partial charge in [0.15, 0.2) is 0 Å². The highest BCUT2D eigenvalue weighted by Gasteiger charge is 2.13. The number of ether oxygens (including phenoxy) is 1. The summed E-state index contributed by atoms with van der Waals surface area (Å²) in [7, 11) is 1.47. The van der Waals surface area contributed by atoms with Crippen molar-refractivity contribution in [3.63, 3.8) is 0 Å². The van der Waals surface area contributed by atoms with Crippen LogP contribution in [0.15, 0.2) is 29.6 Å². The molecule has 0 saturated carbocycles. The average molecular weight is 302 g/mol. The fourth-order valence-corrected chi connectivity index (χ4v) is 2.78. The molecule has 0 radical (unpaired) electrons. The zero-order valence-electron chi connectivity index (χ0n) is 11.7. The largest absolute Gasteiger partial charge is 0.375 e. The van der Waals surface area contributed by atoms with Gasteiger partial charge in [-0.05, 0) is 6.92 Å². The van der Waals surface area contributed by atoms with Crippen molar-refractivity contribution in [3.05, 3.63) is 35.2 Å². The highest BCUT2D eigenvalue weighted by Crippen LogP contribution is 2.26. The van der Waals surface area contributed by atoms with E-state index in [1.807, 2.05) is 24.4 Å². The number of aromatic nitrogens is 3. The fraction of sp³-hybridized carbons (Fsp3) is 0.214. The number of anilines is 1. The molecule has 3 aromatic rings. The van der Waals surface area contributed by atoms with Crippen LogP contribution in [0.2, 0.25) is 0 Å². The van der Waals surface area contributed by atoms with Crippen molar-refractivity contribution in [3.8, 4) is 11.3 Å². The Bertz CT molecular complexity index is 776. The zero-order valence-corrected chi connectivity index (χ0v) is 12.5. The third kappa shape index (κ3) is 2.79. The number of benzene rings is 1. The summed E-state index contributed by atoms with van der Waals surface area (Å²) in [5.74, 6) is 0.0184. The highest BCUT2D eigenvalue weighted by atomic mass is 32.1. The first-order valence-corrected chi connectivity index (χ1v) is 7.25. The van der Waals surface area contributed by atoms with Gasteiger partial charge in [-0.25, -0.2) is 4.52 Å². The molecule has 3 rings (SSSR count). The number of methoxy groups -OCH3 is 1. The summed E-state index contributed by atoms with van der Waals surface area (Å²) in [6.07, 6.45) is 0. The normalized spacial score (nSPS) is 11.0. The van der Waals surface area contributed by atoms with E-state index in [0.717, 1.165) is 16.2 Å². The molecule has 2 aromatic heterocycles. The molecule has 0 unspecified atom stereocenters. The van der Waals surface area contributed by atoms with E-state index in [0.29, 0.717) is 0 Å². The van der Waals surface area contributed by atoms with Crippen LogP contribution in [-0.4, -0.2) is 34.2 Å². The van der Waals surface area contributed by atoms with Crippen LogP contribution >= 0.6 is 11.3 Å². The maximum absolute atomic E-state index is 11.5. The summed E-state index contributed by atoms with van der Waals surface area (Å²) in [5.41, 5.74) is 3.22.